The number of amides is 1. The van der Waals surface area contributed by atoms with Crippen molar-refractivity contribution in [3.63, 3.8) is 0 Å². The average molecular weight is 402 g/mol. The molecule has 0 bridgehead atoms. The summed E-state index contributed by atoms with van der Waals surface area (Å²) in [6.07, 6.45) is 5.05. The van der Waals surface area contributed by atoms with Crippen LogP contribution in [0.15, 0.2) is 41.0 Å². The number of anilines is 2. The number of likely N-dealkylation sites (tertiary alicyclic amines) is 1. The zero-order valence-corrected chi connectivity index (χ0v) is 15.5. The van der Waals surface area contributed by atoms with Crippen LogP contribution in [0, 0.1) is 0 Å². The minimum Gasteiger partial charge on any atom is -0.488 e. The van der Waals surface area contributed by atoms with Gasteiger partial charge in [-0.3, -0.25) is 4.79 Å². The predicted octanol–water partition coefficient (Wildman–Crippen LogP) is 4.00. The number of rotatable bonds is 2. The molecule has 0 radical (unpaired) electrons. The van der Waals surface area contributed by atoms with Crippen molar-refractivity contribution in [3.05, 3.63) is 46.6 Å². The van der Waals surface area contributed by atoms with Crippen molar-refractivity contribution < 1.29 is 9.53 Å². The molecule has 1 aromatic carbocycles. The molecular formula is C19H20BrN3O2. The van der Waals surface area contributed by atoms with Gasteiger partial charge >= 0.3 is 0 Å². The van der Waals surface area contributed by atoms with E-state index >= 15 is 0 Å². The third-order valence-corrected chi connectivity index (χ3v) is 5.22. The number of fused-ring (bicyclic) bond motifs is 1. The number of hydrogen-bond acceptors (Lipinski definition) is 4. The smallest absolute Gasteiger partial charge is 0.255 e. The van der Waals surface area contributed by atoms with Crippen LogP contribution in [0.4, 0.5) is 11.5 Å². The Morgan fingerprint density at radius 1 is 1.08 bits per heavy atom. The van der Waals surface area contributed by atoms with Gasteiger partial charge in [-0.2, -0.15) is 0 Å². The summed E-state index contributed by atoms with van der Waals surface area (Å²) in [4.78, 5) is 21.3. The van der Waals surface area contributed by atoms with Gasteiger partial charge in [-0.05, 0) is 49.6 Å². The first kappa shape index (κ1) is 16.4. The normalized spacial score (nSPS) is 17.0. The topological polar surface area (TPSA) is 45.7 Å². The van der Waals surface area contributed by atoms with Crippen LogP contribution < -0.4 is 9.64 Å². The van der Waals surface area contributed by atoms with Crippen LogP contribution in [0.3, 0.4) is 0 Å². The second kappa shape index (κ2) is 7.04. The third kappa shape index (κ3) is 3.35. The van der Waals surface area contributed by atoms with E-state index in [0.717, 1.165) is 48.5 Å². The quantitative estimate of drug-likeness (QED) is 0.762. The number of nitrogens with zero attached hydrogens (tertiary/aromatic N) is 3. The van der Waals surface area contributed by atoms with Gasteiger partial charge in [0.1, 0.15) is 6.61 Å². The highest BCUT2D eigenvalue weighted by atomic mass is 79.9. The molecule has 4 rings (SSSR count). The summed E-state index contributed by atoms with van der Waals surface area (Å²) in [7, 11) is 0. The number of carbonyl (C=O) groups is 1. The zero-order valence-electron chi connectivity index (χ0n) is 13.9. The number of piperidine rings is 1. The summed E-state index contributed by atoms with van der Waals surface area (Å²) in [6.45, 7) is 2.98. The lowest BCUT2D eigenvalue weighted by atomic mass is 10.1. The molecule has 130 valence electrons. The minimum absolute atomic E-state index is 0.0550. The molecule has 6 heteroatoms. The zero-order chi connectivity index (χ0) is 17.2. The van der Waals surface area contributed by atoms with Gasteiger partial charge in [-0.25, -0.2) is 4.98 Å². The molecule has 1 amide bonds. The number of carbonyl (C=O) groups excluding carboxylic acids is 1. The third-order valence-electron chi connectivity index (χ3n) is 4.69. The number of hydrogen-bond donors (Lipinski definition) is 0. The molecule has 5 nitrogen and oxygen atoms in total. The lowest BCUT2D eigenvalue weighted by molar-refractivity contribution is 0.0723. The maximum absolute atomic E-state index is 12.7. The van der Waals surface area contributed by atoms with Crippen molar-refractivity contribution in [3.8, 4) is 5.75 Å². The van der Waals surface area contributed by atoms with E-state index in [1.54, 1.807) is 6.20 Å². The van der Waals surface area contributed by atoms with E-state index < -0.39 is 0 Å². The van der Waals surface area contributed by atoms with Gasteiger partial charge in [-0.1, -0.05) is 15.9 Å². The lowest BCUT2D eigenvalue weighted by Gasteiger charge is -2.31. The van der Waals surface area contributed by atoms with Crippen LogP contribution in [0.25, 0.3) is 0 Å². The van der Waals surface area contributed by atoms with Crippen molar-refractivity contribution >= 4 is 33.3 Å². The molecule has 0 atom stereocenters. The van der Waals surface area contributed by atoms with Gasteiger partial charge in [0.25, 0.3) is 5.91 Å². The van der Waals surface area contributed by atoms with Crippen LogP contribution in [0.2, 0.25) is 0 Å². The van der Waals surface area contributed by atoms with Gasteiger partial charge in [-0.15, -0.1) is 0 Å². The second-order valence-corrected chi connectivity index (χ2v) is 7.29. The minimum atomic E-state index is 0.0550. The first-order valence-electron chi connectivity index (χ1n) is 8.67. The molecule has 2 aliphatic rings. The molecule has 25 heavy (non-hydrogen) atoms. The molecule has 0 unspecified atom stereocenters. The molecule has 1 aromatic heterocycles. The van der Waals surface area contributed by atoms with Crippen LogP contribution in [0.1, 0.15) is 29.6 Å². The fraction of sp³-hybridized carbons (Fsp3) is 0.368. The summed E-state index contributed by atoms with van der Waals surface area (Å²) < 4.78 is 6.83. The molecular weight excluding hydrogens is 382 g/mol. The van der Waals surface area contributed by atoms with Crippen molar-refractivity contribution in [1.29, 1.82) is 0 Å². The fourth-order valence-electron chi connectivity index (χ4n) is 3.37. The summed E-state index contributed by atoms with van der Waals surface area (Å²) in [5.41, 5.74) is 1.67. The van der Waals surface area contributed by atoms with Gasteiger partial charge in [0.2, 0.25) is 0 Å². The Bertz CT molecular complexity index is 773. The molecule has 1 saturated heterocycles. The Morgan fingerprint density at radius 3 is 2.60 bits per heavy atom. The van der Waals surface area contributed by atoms with E-state index in [9.17, 15) is 4.79 Å². The monoisotopic (exact) mass is 401 g/mol. The van der Waals surface area contributed by atoms with Gasteiger partial charge < -0.3 is 14.5 Å². The van der Waals surface area contributed by atoms with E-state index in [1.807, 2.05) is 35.2 Å². The number of ether oxygens (including phenoxy) is 1. The Morgan fingerprint density at radius 2 is 1.84 bits per heavy atom. The van der Waals surface area contributed by atoms with E-state index in [-0.39, 0.29) is 5.91 Å². The van der Waals surface area contributed by atoms with Crippen LogP contribution >= 0.6 is 15.9 Å². The maximum atomic E-state index is 12.7. The molecule has 1 fully saturated rings. The van der Waals surface area contributed by atoms with E-state index in [2.05, 4.69) is 25.8 Å². The summed E-state index contributed by atoms with van der Waals surface area (Å²) in [5.74, 6) is 1.50. The standard InChI is InChI=1S/C19H20BrN3O2/c20-15-4-6-16(7-5-15)23-10-11-25-17-12-14(13-21-18(17)23)19(24)22-8-2-1-3-9-22/h4-7,12-13H,1-3,8-11H2. The Labute approximate surface area is 155 Å². The Balaban J connectivity index is 1.61. The highest BCUT2D eigenvalue weighted by Crippen LogP contribution is 2.35. The number of benzene rings is 1. The summed E-state index contributed by atoms with van der Waals surface area (Å²) in [5, 5.41) is 0. The molecule has 0 spiro atoms. The highest BCUT2D eigenvalue weighted by molar-refractivity contribution is 9.10. The molecule has 2 aromatic rings. The van der Waals surface area contributed by atoms with E-state index in [1.165, 1.54) is 6.42 Å². The van der Waals surface area contributed by atoms with Crippen molar-refractivity contribution in [2.24, 2.45) is 0 Å². The number of pyridine rings is 1. The molecule has 0 saturated carbocycles. The maximum Gasteiger partial charge on any atom is 0.255 e. The molecule has 2 aliphatic heterocycles. The predicted molar refractivity (Wildman–Crippen MR) is 101 cm³/mol. The fourth-order valence-corrected chi connectivity index (χ4v) is 3.63. The molecule has 0 N–H and O–H groups in total. The van der Waals surface area contributed by atoms with E-state index in [0.29, 0.717) is 17.9 Å². The van der Waals surface area contributed by atoms with Crippen LogP contribution in [-0.2, 0) is 0 Å². The van der Waals surface area contributed by atoms with Gasteiger partial charge in [0, 0.05) is 29.4 Å². The van der Waals surface area contributed by atoms with E-state index in [4.69, 9.17) is 4.74 Å². The van der Waals surface area contributed by atoms with Crippen LogP contribution in [-0.4, -0.2) is 42.0 Å². The average Bonchev–Trinajstić information content (AvgIpc) is 2.68. The summed E-state index contributed by atoms with van der Waals surface area (Å²) >= 11 is 3.46. The SMILES string of the molecule is O=C(c1cnc2c(c1)OCCN2c1ccc(Br)cc1)N1CCCCC1. The largest absolute Gasteiger partial charge is 0.488 e. The Kier molecular flexibility index (Phi) is 4.61. The molecule has 0 aliphatic carbocycles. The van der Waals surface area contributed by atoms with Crippen LogP contribution in [0.5, 0.6) is 5.75 Å². The van der Waals surface area contributed by atoms with Crippen molar-refractivity contribution in [2.45, 2.75) is 19.3 Å². The summed E-state index contributed by atoms with van der Waals surface area (Å²) in [6, 6.07) is 9.96. The first-order valence-corrected chi connectivity index (χ1v) is 9.47. The first-order chi connectivity index (χ1) is 12.2. The van der Waals surface area contributed by atoms with Gasteiger partial charge in [0.15, 0.2) is 11.6 Å². The number of aromatic nitrogens is 1. The second-order valence-electron chi connectivity index (χ2n) is 6.38. The van der Waals surface area contributed by atoms with Crippen molar-refractivity contribution in [2.75, 3.05) is 31.1 Å². The lowest BCUT2D eigenvalue weighted by Crippen LogP contribution is -2.36. The number of halogens is 1. The van der Waals surface area contributed by atoms with Gasteiger partial charge in [0.05, 0.1) is 12.1 Å². The Hall–Kier alpha value is -2.08. The molecule has 3 heterocycles. The highest BCUT2D eigenvalue weighted by Gasteiger charge is 2.24. The van der Waals surface area contributed by atoms with Crippen molar-refractivity contribution in [1.82, 2.24) is 9.88 Å².